The summed E-state index contributed by atoms with van der Waals surface area (Å²) in [6.45, 7) is 5.13. The molecule has 0 amide bonds. The summed E-state index contributed by atoms with van der Waals surface area (Å²) in [7, 11) is 4.33. The second-order valence-electron chi connectivity index (χ2n) is 5.40. The van der Waals surface area contributed by atoms with Gasteiger partial charge >= 0.3 is 0 Å². The molecule has 1 aromatic carbocycles. The number of hydrogen-bond donors (Lipinski definition) is 1. The maximum atomic E-state index is 5.66. The molecule has 2 atom stereocenters. The first kappa shape index (κ1) is 13.8. The SMILES string of the molecule is CC1CN(c2ccc(CN)cc2Br)CC1N(C)C. The smallest absolute Gasteiger partial charge is 0.0511 e. The molecule has 1 aliphatic heterocycles. The molecule has 1 aromatic rings. The van der Waals surface area contributed by atoms with E-state index in [0.717, 1.165) is 17.6 Å². The fraction of sp³-hybridized carbons (Fsp3) is 0.571. The van der Waals surface area contributed by atoms with Gasteiger partial charge in [-0.2, -0.15) is 0 Å². The molecule has 0 aromatic heterocycles. The zero-order chi connectivity index (χ0) is 13.3. The van der Waals surface area contributed by atoms with Crippen molar-refractivity contribution >= 4 is 21.6 Å². The average molecular weight is 312 g/mol. The Labute approximate surface area is 118 Å². The standard InChI is InChI=1S/C14H22BrN3/c1-10-8-18(9-14(10)17(2)3)13-5-4-11(7-16)6-12(13)15/h4-6,10,14H,7-9,16H2,1-3H3. The fourth-order valence-corrected chi connectivity index (χ4v) is 3.43. The van der Waals surface area contributed by atoms with Crippen LogP contribution in [0.25, 0.3) is 0 Å². The van der Waals surface area contributed by atoms with Crippen molar-refractivity contribution in [1.82, 2.24) is 4.90 Å². The molecule has 4 heteroatoms. The van der Waals surface area contributed by atoms with Crippen LogP contribution in [-0.2, 0) is 6.54 Å². The summed E-state index contributed by atoms with van der Waals surface area (Å²) in [5.41, 5.74) is 8.11. The lowest BCUT2D eigenvalue weighted by Crippen LogP contribution is -2.34. The van der Waals surface area contributed by atoms with Crippen molar-refractivity contribution in [2.75, 3.05) is 32.1 Å². The van der Waals surface area contributed by atoms with E-state index in [4.69, 9.17) is 5.73 Å². The number of halogens is 1. The van der Waals surface area contributed by atoms with Crippen molar-refractivity contribution in [2.24, 2.45) is 11.7 Å². The summed E-state index contributed by atoms with van der Waals surface area (Å²) in [5, 5.41) is 0. The molecule has 18 heavy (non-hydrogen) atoms. The average Bonchev–Trinajstić information content (AvgIpc) is 2.71. The minimum Gasteiger partial charge on any atom is -0.369 e. The molecular weight excluding hydrogens is 290 g/mol. The highest BCUT2D eigenvalue weighted by atomic mass is 79.9. The van der Waals surface area contributed by atoms with Crippen LogP contribution in [0.1, 0.15) is 12.5 Å². The van der Waals surface area contributed by atoms with Crippen molar-refractivity contribution in [3.05, 3.63) is 28.2 Å². The largest absolute Gasteiger partial charge is 0.369 e. The van der Waals surface area contributed by atoms with Crippen molar-refractivity contribution in [3.63, 3.8) is 0 Å². The predicted octanol–water partition coefficient (Wildman–Crippen LogP) is 2.29. The first-order valence-electron chi connectivity index (χ1n) is 6.42. The lowest BCUT2D eigenvalue weighted by atomic mass is 10.1. The molecule has 1 aliphatic rings. The van der Waals surface area contributed by atoms with Crippen molar-refractivity contribution < 1.29 is 0 Å². The van der Waals surface area contributed by atoms with E-state index in [0.29, 0.717) is 18.5 Å². The van der Waals surface area contributed by atoms with Gasteiger partial charge in [-0.3, -0.25) is 0 Å². The Morgan fingerprint density at radius 1 is 1.39 bits per heavy atom. The van der Waals surface area contributed by atoms with Gasteiger partial charge < -0.3 is 15.5 Å². The van der Waals surface area contributed by atoms with Crippen molar-refractivity contribution in [3.8, 4) is 0 Å². The van der Waals surface area contributed by atoms with E-state index in [9.17, 15) is 0 Å². The molecule has 0 aliphatic carbocycles. The summed E-state index contributed by atoms with van der Waals surface area (Å²) in [4.78, 5) is 4.78. The van der Waals surface area contributed by atoms with E-state index in [1.807, 2.05) is 0 Å². The number of hydrogen-bond acceptors (Lipinski definition) is 3. The van der Waals surface area contributed by atoms with Crippen molar-refractivity contribution in [2.45, 2.75) is 19.5 Å². The molecule has 100 valence electrons. The number of nitrogens with two attached hydrogens (primary N) is 1. The molecule has 1 saturated heterocycles. The summed E-state index contributed by atoms with van der Waals surface area (Å²) in [5.74, 6) is 0.695. The van der Waals surface area contributed by atoms with Crippen LogP contribution in [0, 0.1) is 5.92 Å². The van der Waals surface area contributed by atoms with E-state index in [-0.39, 0.29) is 0 Å². The van der Waals surface area contributed by atoms with Gasteiger partial charge in [0.2, 0.25) is 0 Å². The molecule has 0 radical (unpaired) electrons. The molecule has 2 rings (SSSR count). The van der Waals surface area contributed by atoms with Gasteiger partial charge in [0.15, 0.2) is 0 Å². The quantitative estimate of drug-likeness (QED) is 0.929. The normalized spacial score (nSPS) is 24.0. The van der Waals surface area contributed by atoms with Gasteiger partial charge in [-0.05, 0) is 53.6 Å². The monoisotopic (exact) mass is 311 g/mol. The van der Waals surface area contributed by atoms with Crippen LogP contribution in [0.2, 0.25) is 0 Å². The molecule has 0 saturated carbocycles. The maximum Gasteiger partial charge on any atom is 0.0511 e. The van der Waals surface area contributed by atoms with Gasteiger partial charge in [-0.25, -0.2) is 0 Å². The molecule has 2 unspecified atom stereocenters. The maximum absolute atomic E-state index is 5.66. The van der Waals surface area contributed by atoms with Crippen LogP contribution in [0.5, 0.6) is 0 Å². The third-order valence-electron chi connectivity index (χ3n) is 3.82. The number of likely N-dealkylation sites (N-methyl/N-ethyl adjacent to an activating group) is 1. The topological polar surface area (TPSA) is 32.5 Å². The lowest BCUT2D eigenvalue weighted by Gasteiger charge is -2.23. The third-order valence-corrected chi connectivity index (χ3v) is 4.46. The Morgan fingerprint density at radius 2 is 2.11 bits per heavy atom. The summed E-state index contributed by atoms with van der Waals surface area (Å²) in [6, 6.07) is 7.06. The molecule has 2 N–H and O–H groups in total. The van der Waals surface area contributed by atoms with E-state index in [2.05, 4.69) is 64.9 Å². The Morgan fingerprint density at radius 3 is 2.61 bits per heavy atom. The summed E-state index contributed by atoms with van der Waals surface area (Å²) in [6.07, 6.45) is 0. The molecule has 3 nitrogen and oxygen atoms in total. The Balaban J connectivity index is 2.18. The number of benzene rings is 1. The first-order chi connectivity index (χ1) is 8.52. The predicted molar refractivity (Wildman–Crippen MR) is 80.9 cm³/mol. The Bertz CT molecular complexity index is 420. The van der Waals surface area contributed by atoms with Crippen LogP contribution < -0.4 is 10.6 Å². The second-order valence-corrected chi connectivity index (χ2v) is 6.26. The van der Waals surface area contributed by atoms with E-state index < -0.39 is 0 Å². The van der Waals surface area contributed by atoms with E-state index >= 15 is 0 Å². The molecular formula is C14H22BrN3. The van der Waals surface area contributed by atoms with Crippen LogP contribution in [0.4, 0.5) is 5.69 Å². The second kappa shape index (κ2) is 5.59. The molecule has 0 spiro atoms. The van der Waals surface area contributed by atoms with E-state index in [1.165, 1.54) is 11.3 Å². The summed E-state index contributed by atoms with van der Waals surface area (Å²) >= 11 is 3.66. The van der Waals surface area contributed by atoms with E-state index in [1.54, 1.807) is 0 Å². The van der Waals surface area contributed by atoms with Gasteiger partial charge in [0.05, 0.1) is 5.69 Å². The fourth-order valence-electron chi connectivity index (χ4n) is 2.75. The molecule has 1 fully saturated rings. The van der Waals surface area contributed by atoms with Gasteiger partial charge in [0.25, 0.3) is 0 Å². The van der Waals surface area contributed by atoms with Crippen molar-refractivity contribution in [1.29, 1.82) is 0 Å². The first-order valence-corrected chi connectivity index (χ1v) is 7.22. The van der Waals surface area contributed by atoms with Crippen LogP contribution in [-0.4, -0.2) is 38.1 Å². The van der Waals surface area contributed by atoms with Gasteiger partial charge in [0.1, 0.15) is 0 Å². The Hall–Kier alpha value is -0.580. The Kier molecular flexibility index (Phi) is 4.30. The molecule has 0 bridgehead atoms. The zero-order valence-corrected chi connectivity index (χ0v) is 12.9. The van der Waals surface area contributed by atoms with Crippen LogP contribution >= 0.6 is 15.9 Å². The highest BCUT2D eigenvalue weighted by Crippen LogP contribution is 2.32. The van der Waals surface area contributed by atoms with Gasteiger partial charge in [-0.1, -0.05) is 13.0 Å². The van der Waals surface area contributed by atoms with Gasteiger partial charge in [0, 0.05) is 30.1 Å². The number of nitrogens with zero attached hydrogens (tertiary/aromatic N) is 2. The minimum atomic E-state index is 0.593. The lowest BCUT2D eigenvalue weighted by molar-refractivity contribution is 0.266. The zero-order valence-electron chi connectivity index (χ0n) is 11.4. The summed E-state index contributed by atoms with van der Waals surface area (Å²) < 4.78 is 1.15. The number of anilines is 1. The van der Waals surface area contributed by atoms with Gasteiger partial charge in [-0.15, -0.1) is 0 Å². The van der Waals surface area contributed by atoms with Crippen LogP contribution in [0.15, 0.2) is 22.7 Å². The third kappa shape index (κ3) is 2.71. The molecule has 1 heterocycles. The highest BCUT2D eigenvalue weighted by molar-refractivity contribution is 9.10. The van der Waals surface area contributed by atoms with Crippen LogP contribution in [0.3, 0.4) is 0 Å². The minimum absolute atomic E-state index is 0.593. The highest BCUT2D eigenvalue weighted by Gasteiger charge is 2.31. The number of rotatable bonds is 3.